The van der Waals surface area contributed by atoms with E-state index in [1.165, 1.54) is 18.4 Å². The molecule has 0 saturated carbocycles. The topological polar surface area (TPSA) is 63.8 Å². The number of aromatic nitrogens is 5. The fraction of sp³-hybridized carbons (Fsp3) is 0.423. The van der Waals surface area contributed by atoms with Gasteiger partial charge in [0.2, 0.25) is 5.95 Å². The first-order valence-corrected chi connectivity index (χ1v) is 12.4. The number of rotatable bonds is 9. The van der Waals surface area contributed by atoms with Crippen LogP contribution in [0.2, 0.25) is 5.02 Å². The van der Waals surface area contributed by atoms with Crippen LogP contribution in [0.15, 0.2) is 42.9 Å². The lowest BCUT2D eigenvalue weighted by Gasteiger charge is -2.20. The quantitative estimate of drug-likeness (QED) is 0.395. The van der Waals surface area contributed by atoms with Gasteiger partial charge in [0.15, 0.2) is 5.82 Å². The summed E-state index contributed by atoms with van der Waals surface area (Å²) in [5.74, 6) is 1.20. The van der Waals surface area contributed by atoms with Gasteiger partial charge in [-0.2, -0.15) is 10.1 Å². The minimum Gasteiger partial charge on any atom is -0.344 e. The molecule has 8 heteroatoms. The van der Waals surface area contributed by atoms with Gasteiger partial charge in [0, 0.05) is 60.2 Å². The molecule has 0 radical (unpaired) electrons. The average Bonchev–Trinajstić information content (AvgIpc) is 3.47. The van der Waals surface area contributed by atoms with Crippen molar-refractivity contribution in [3.05, 3.63) is 70.5 Å². The van der Waals surface area contributed by atoms with Crippen LogP contribution in [0.3, 0.4) is 0 Å². The lowest BCUT2D eigenvalue weighted by molar-refractivity contribution is 0.260. The number of nitrogens with zero attached hydrogens (tertiary/aromatic N) is 6. The molecule has 1 fully saturated rings. The van der Waals surface area contributed by atoms with E-state index in [-0.39, 0.29) is 0 Å². The van der Waals surface area contributed by atoms with Crippen molar-refractivity contribution < 1.29 is 0 Å². The van der Waals surface area contributed by atoms with Crippen molar-refractivity contribution in [1.29, 1.82) is 0 Å². The number of halogens is 1. The summed E-state index contributed by atoms with van der Waals surface area (Å²) >= 11 is 6.33. The Morgan fingerprint density at radius 3 is 2.91 bits per heavy atom. The molecule has 3 aromatic heterocycles. The second-order valence-electron chi connectivity index (χ2n) is 9.02. The lowest BCUT2D eigenvalue weighted by atomic mass is 10.2. The Kier molecular flexibility index (Phi) is 7.54. The third-order valence-electron chi connectivity index (χ3n) is 6.45. The van der Waals surface area contributed by atoms with Crippen LogP contribution >= 0.6 is 11.6 Å². The molecule has 1 saturated heterocycles. The van der Waals surface area contributed by atoms with Gasteiger partial charge >= 0.3 is 0 Å². The highest BCUT2D eigenvalue weighted by molar-refractivity contribution is 6.31. The van der Waals surface area contributed by atoms with Crippen molar-refractivity contribution in [3.63, 3.8) is 0 Å². The fourth-order valence-corrected chi connectivity index (χ4v) is 4.63. The molecule has 1 unspecified atom stereocenters. The van der Waals surface area contributed by atoms with Crippen molar-refractivity contribution >= 4 is 23.6 Å². The number of likely N-dealkylation sites (tertiary alicyclic amines) is 1. The van der Waals surface area contributed by atoms with Crippen LogP contribution < -0.4 is 5.32 Å². The Labute approximate surface area is 207 Å². The van der Waals surface area contributed by atoms with Gasteiger partial charge in [0.1, 0.15) is 0 Å². The molecule has 0 amide bonds. The first kappa shape index (κ1) is 24.2. The van der Waals surface area contributed by atoms with Gasteiger partial charge in [-0.3, -0.25) is 4.90 Å². The van der Waals surface area contributed by atoms with Crippen LogP contribution in [0.25, 0.3) is 11.9 Å². The Hall–Kier alpha value is -2.90. The van der Waals surface area contributed by atoms with Crippen molar-refractivity contribution in [2.24, 2.45) is 0 Å². The Morgan fingerprint density at radius 2 is 2.18 bits per heavy atom. The van der Waals surface area contributed by atoms with E-state index in [0.29, 0.717) is 17.7 Å². The number of anilines is 1. The van der Waals surface area contributed by atoms with E-state index in [9.17, 15) is 0 Å². The lowest BCUT2D eigenvalue weighted by Crippen LogP contribution is -2.26. The molecule has 4 rings (SSSR count). The van der Waals surface area contributed by atoms with Crippen molar-refractivity contribution in [2.75, 3.05) is 11.9 Å². The highest BCUT2D eigenvalue weighted by Gasteiger charge is 2.21. The second kappa shape index (κ2) is 10.6. The van der Waals surface area contributed by atoms with E-state index in [4.69, 9.17) is 16.7 Å². The van der Waals surface area contributed by atoms with Gasteiger partial charge in [0.25, 0.3) is 0 Å². The van der Waals surface area contributed by atoms with Crippen LogP contribution in [0.4, 0.5) is 5.95 Å². The molecule has 4 heterocycles. The molecular formula is C26H34ClN7. The molecule has 0 aromatic carbocycles. The monoisotopic (exact) mass is 479 g/mol. The van der Waals surface area contributed by atoms with Gasteiger partial charge in [-0.15, -0.1) is 0 Å². The summed E-state index contributed by atoms with van der Waals surface area (Å²) in [6, 6.07) is 4.47. The summed E-state index contributed by atoms with van der Waals surface area (Å²) < 4.78 is 4.04. The Balaban J connectivity index is 1.45. The van der Waals surface area contributed by atoms with Gasteiger partial charge in [-0.25, -0.2) is 9.67 Å². The molecule has 34 heavy (non-hydrogen) atoms. The minimum absolute atomic E-state index is 0.480. The van der Waals surface area contributed by atoms with Crippen LogP contribution in [0, 0.1) is 13.8 Å². The number of hydrogen-bond acceptors (Lipinski definition) is 5. The molecule has 1 aliphatic heterocycles. The normalized spacial score (nSPS) is 16.6. The largest absolute Gasteiger partial charge is 0.344 e. The van der Waals surface area contributed by atoms with Crippen LogP contribution in [0.5, 0.6) is 0 Å². The van der Waals surface area contributed by atoms with E-state index in [2.05, 4.69) is 58.3 Å². The minimum atomic E-state index is 0.480. The van der Waals surface area contributed by atoms with Crippen molar-refractivity contribution in [1.82, 2.24) is 29.2 Å². The third-order valence-corrected chi connectivity index (χ3v) is 6.83. The highest BCUT2D eigenvalue weighted by atomic mass is 35.5. The van der Waals surface area contributed by atoms with Crippen molar-refractivity contribution in [3.8, 4) is 5.82 Å². The van der Waals surface area contributed by atoms with Gasteiger partial charge < -0.3 is 9.88 Å². The summed E-state index contributed by atoms with van der Waals surface area (Å²) in [5.41, 5.74) is 5.08. The third kappa shape index (κ3) is 5.42. The molecule has 3 aromatic rings. The molecule has 0 bridgehead atoms. The Morgan fingerprint density at radius 1 is 1.35 bits per heavy atom. The number of nitrogens with one attached hydrogen (secondary N) is 1. The summed E-state index contributed by atoms with van der Waals surface area (Å²) in [7, 11) is 0. The predicted octanol–water partition coefficient (Wildman–Crippen LogP) is 5.77. The maximum atomic E-state index is 6.33. The van der Waals surface area contributed by atoms with E-state index < -0.39 is 0 Å². The van der Waals surface area contributed by atoms with Gasteiger partial charge in [-0.05, 0) is 64.8 Å². The molecule has 0 aliphatic carbocycles. The van der Waals surface area contributed by atoms with E-state index in [0.717, 1.165) is 54.0 Å². The molecule has 1 N–H and O–H groups in total. The summed E-state index contributed by atoms with van der Waals surface area (Å²) in [6.07, 6.45) is 11.3. The zero-order valence-corrected chi connectivity index (χ0v) is 21.3. The predicted molar refractivity (Wildman–Crippen MR) is 139 cm³/mol. The zero-order valence-electron chi connectivity index (χ0n) is 20.6. The average molecular weight is 480 g/mol. The zero-order chi connectivity index (χ0) is 24.2. The molecule has 7 nitrogen and oxygen atoms in total. The summed E-state index contributed by atoms with van der Waals surface area (Å²) in [6.45, 7) is 15.7. The van der Waals surface area contributed by atoms with E-state index in [1.54, 1.807) is 6.20 Å². The number of hydrogen-bond donors (Lipinski definition) is 1. The van der Waals surface area contributed by atoms with Crippen LogP contribution in [0.1, 0.15) is 55.8 Å². The molecular weight excluding hydrogens is 446 g/mol. The maximum Gasteiger partial charge on any atom is 0.229 e. The van der Waals surface area contributed by atoms with E-state index in [1.807, 2.05) is 35.9 Å². The van der Waals surface area contributed by atoms with E-state index >= 15 is 0 Å². The maximum absolute atomic E-state index is 6.33. The van der Waals surface area contributed by atoms with Gasteiger partial charge in [0.05, 0.1) is 10.7 Å². The standard InChI is InChI=1S/C26H34ClN7/c1-6-13-33-21(5)24(27)15-23(33)10-9-18(2)29-26-28-12-11-25(30-26)34-17-22(20(4)31-34)16-32-14-7-8-19(32)3/h9-12,15,17,19H,2,6-8,13-14,16H2,1,3-5H3,(H,28,29,30)/b10-9-. The smallest absolute Gasteiger partial charge is 0.229 e. The molecule has 180 valence electrons. The first-order valence-electron chi connectivity index (χ1n) is 12.0. The fourth-order valence-electron chi connectivity index (χ4n) is 4.42. The SMILES string of the molecule is C=C(/C=C\c1cc(Cl)c(C)n1CCC)Nc1nccc(-n2cc(CN3CCCC3C)c(C)n2)n1. The van der Waals surface area contributed by atoms with Crippen LogP contribution in [-0.4, -0.2) is 41.8 Å². The molecule has 1 atom stereocenters. The number of aryl methyl sites for hydroxylation is 1. The van der Waals surface area contributed by atoms with Gasteiger partial charge in [-0.1, -0.05) is 25.1 Å². The van der Waals surface area contributed by atoms with Crippen LogP contribution in [-0.2, 0) is 13.1 Å². The summed E-state index contributed by atoms with van der Waals surface area (Å²) in [5, 5.41) is 8.66. The number of allylic oxidation sites excluding steroid dienone is 1. The highest BCUT2D eigenvalue weighted by Crippen LogP contribution is 2.23. The second-order valence-corrected chi connectivity index (χ2v) is 9.43. The molecule has 0 spiro atoms. The molecule has 1 aliphatic rings. The van der Waals surface area contributed by atoms with Crippen molar-refractivity contribution in [2.45, 2.75) is 66.1 Å². The first-order chi connectivity index (χ1) is 16.4. The Bertz CT molecular complexity index is 1190. The summed E-state index contributed by atoms with van der Waals surface area (Å²) in [4.78, 5) is 11.5.